The van der Waals surface area contributed by atoms with Gasteiger partial charge in [-0.25, -0.2) is 0 Å². The zero-order valence-electron chi connectivity index (χ0n) is 5.33. The normalized spacial score (nSPS) is 6.44. The molecule has 5 nitrogen and oxygen atoms in total. The van der Waals surface area contributed by atoms with Crippen LogP contribution in [-0.4, -0.2) is 46.1 Å². The van der Waals surface area contributed by atoms with Crippen LogP contribution >= 0.6 is 0 Å². The maximum Gasteiger partial charge on any atom is 2.00 e. The third kappa shape index (κ3) is 91.6. The molecule has 0 amide bonds. The standard InChI is InChI=1S/K.Mg.Na.H2O4S.H2O/c;;;1-5(2,3)4;/h;;;(H2,1,2,3,4);1H2/q+1;+2;+1;;. The molecule has 0 atom stereocenters. The molecule has 40 valence electrons. The van der Waals surface area contributed by atoms with Crippen LogP contribution in [-0.2, 0) is 10.4 Å². The van der Waals surface area contributed by atoms with Gasteiger partial charge in [0, 0.05) is 0 Å². The summed E-state index contributed by atoms with van der Waals surface area (Å²) in [4.78, 5) is 0. The second kappa shape index (κ2) is 13.8. The van der Waals surface area contributed by atoms with Crippen molar-refractivity contribution in [2.45, 2.75) is 0 Å². The maximum atomic E-state index is 8.74. The summed E-state index contributed by atoms with van der Waals surface area (Å²) in [5.74, 6) is 0. The van der Waals surface area contributed by atoms with Crippen molar-refractivity contribution in [3.8, 4) is 0 Å². The molecule has 0 bridgehead atoms. The third-order valence-electron chi connectivity index (χ3n) is 0. The second-order valence-electron chi connectivity index (χ2n) is 0.448. The van der Waals surface area contributed by atoms with Gasteiger partial charge in [-0.1, -0.05) is 0 Å². The SMILES string of the molecule is O.O=S(=O)(O)O.[K+].[Mg+2].[Na+]. The Balaban J connectivity index is -0.0000000133. The van der Waals surface area contributed by atoms with Crippen molar-refractivity contribution in [3.63, 3.8) is 0 Å². The van der Waals surface area contributed by atoms with Gasteiger partial charge in [-0.15, -0.1) is 0 Å². The average molecular weight is 202 g/mol. The first-order valence-corrected chi connectivity index (χ1v) is 2.10. The largest absolute Gasteiger partial charge is 2.00 e. The van der Waals surface area contributed by atoms with E-state index in [1.165, 1.54) is 0 Å². The molecule has 0 aromatic carbocycles. The van der Waals surface area contributed by atoms with E-state index in [1.54, 1.807) is 0 Å². The molecular weight excluding hydrogens is 198 g/mol. The third-order valence-corrected chi connectivity index (χ3v) is 0. The zero-order chi connectivity index (χ0) is 4.50. The molecule has 0 saturated carbocycles. The predicted octanol–water partition coefficient (Wildman–Crippen LogP) is -7.85. The van der Waals surface area contributed by atoms with E-state index in [1.807, 2.05) is 0 Å². The van der Waals surface area contributed by atoms with Gasteiger partial charge in [0.25, 0.3) is 0 Å². The molecule has 9 heavy (non-hydrogen) atoms. The molecule has 0 aliphatic heterocycles. The van der Waals surface area contributed by atoms with Crippen LogP contribution < -0.4 is 80.9 Å². The molecule has 4 N–H and O–H groups in total. The molecule has 9 heteroatoms. The molecule has 0 heterocycles. The van der Waals surface area contributed by atoms with Crippen LogP contribution in [0, 0.1) is 0 Å². The first-order valence-electron chi connectivity index (χ1n) is 0.698. The summed E-state index contributed by atoms with van der Waals surface area (Å²) in [6, 6.07) is 0. The first-order chi connectivity index (χ1) is 2.00. The quantitative estimate of drug-likeness (QED) is 0.301. The van der Waals surface area contributed by atoms with Crippen LogP contribution in [0.4, 0.5) is 0 Å². The molecule has 0 fully saturated rings. The smallest absolute Gasteiger partial charge is 0.412 e. The summed E-state index contributed by atoms with van der Waals surface area (Å²) < 4.78 is 31.6. The van der Waals surface area contributed by atoms with Gasteiger partial charge >= 0.3 is 114 Å². The molecule has 0 unspecified atom stereocenters. The second-order valence-corrected chi connectivity index (χ2v) is 1.34. The van der Waals surface area contributed by atoms with Gasteiger partial charge in [0.15, 0.2) is 0 Å². The zero-order valence-corrected chi connectivity index (χ0v) is 12.7. The number of hydrogen-bond acceptors (Lipinski definition) is 2. The van der Waals surface area contributed by atoms with E-state index in [0.29, 0.717) is 0 Å². The molecular formula is H4KMgNaO5S+4. The first kappa shape index (κ1) is 29.5. The van der Waals surface area contributed by atoms with Crippen LogP contribution in [0.25, 0.3) is 0 Å². The average Bonchev–Trinajstić information content (AvgIpc) is 0.722. The molecule has 0 rings (SSSR count). The Labute approximate surface area is 134 Å². The van der Waals surface area contributed by atoms with Gasteiger partial charge in [-0.3, -0.25) is 9.11 Å². The van der Waals surface area contributed by atoms with E-state index in [0.717, 1.165) is 0 Å². The molecule has 0 aromatic heterocycles. The van der Waals surface area contributed by atoms with E-state index in [-0.39, 0.29) is 109 Å². The molecule has 0 spiro atoms. The van der Waals surface area contributed by atoms with Gasteiger partial charge in [-0.05, 0) is 0 Å². The van der Waals surface area contributed by atoms with Crippen molar-refractivity contribution in [3.05, 3.63) is 0 Å². The summed E-state index contributed by atoms with van der Waals surface area (Å²) >= 11 is 0. The number of hydrogen-bond donors (Lipinski definition) is 2. The summed E-state index contributed by atoms with van der Waals surface area (Å²) in [5.41, 5.74) is 0. The topological polar surface area (TPSA) is 106 Å². The fraction of sp³-hybridized carbons (Fsp3) is 0. The maximum absolute atomic E-state index is 8.74. The minimum absolute atomic E-state index is 0. The fourth-order valence-electron chi connectivity index (χ4n) is 0. The van der Waals surface area contributed by atoms with Gasteiger partial charge in [-0.2, -0.15) is 8.42 Å². The predicted molar refractivity (Wildman–Crippen MR) is 23.5 cm³/mol. The van der Waals surface area contributed by atoms with Crippen molar-refractivity contribution in [1.29, 1.82) is 0 Å². The monoisotopic (exact) mass is 202 g/mol. The molecule has 0 aliphatic carbocycles. The Morgan fingerprint density at radius 3 is 1.11 bits per heavy atom. The Morgan fingerprint density at radius 2 is 1.11 bits per heavy atom. The van der Waals surface area contributed by atoms with E-state index < -0.39 is 10.4 Å². The molecule has 0 aliphatic rings. The van der Waals surface area contributed by atoms with Crippen molar-refractivity contribution in [1.82, 2.24) is 0 Å². The van der Waals surface area contributed by atoms with Crippen LogP contribution in [0.2, 0.25) is 0 Å². The van der Waals surface area contributed by atoms with E-state index in [2.05, 4.69) is 0 Å². The molecule has 0 saturated heterocycles. The van der Waals surface area contributed by atoms with Crippen LogP contribution in [0.5, 0.6) is 0 Å². The van der Waals surface area contributed by atoms with Crippen molar-refractivity contribution < 1.29 is 104 Å². The minimum atomic E-state index is -4.67. The minimum Gasteiger partial charge on any atom is -0.412 e. The van der Waals surface area contributed by atoms with Gasteiger partial charge < -0.3 is 5.48 Å². The summed E-state index contributed by atoms with van der Waals surface area (Å²) in [6.07, 6.45) is 0. The molecule has 0 radical (unpaired) electrons. The van der Waals surface area contributed by atoms with Crippen LogP contribution in [0.1, 0.15) is 0 Å². The Bertz CT molecular complexity index is 100. The van der Waals surface area contributed by atoms with Crippen molar-refractivity contribution in [2.24, 2.45) is 0 Å². The van der Waals surface area contributed by atoms with Crippen molar-refractivity contribution >= 4 is 33.5 Å². The van der Waals surface area contributed by atoms with E-state index in [9.17, 15) is 0 Å². The fourth-order valence-corrected chi connectivity index (χ4v) is 0. The summed E-state index contributed by atoms with van der Waals surface area (Å²) in [7, 11) is -4.67. The Kier molecular flexibility index (Phi) is 45.2. The van der Waals surface area contributed by atoms with Crippen LogP contribution in [0.15, 0.2) is 0 Å². The van der Waals surface area contributed by atoms with Gasteiger partial charge in [0.2, 0.25) is 0 Å². The summed E-state index contributed by atoms with van der Waals surface area (Å²) in [6.45, 7) is 0. The van der Waals surface area contributed by atoms with Crippen molar-refractivity contribution in [2.75, 3.05) is 0 Å². The molecule has 0 aromatic rings. The van der Waals surface area contributed by atoms with E-state index in [4.69, 9.17) is 17.5 Å². The van der Waals surface area contributed by atoms with E-state index >= 15 is 0 Å². The Morgan fingerprint density at radius 1 is 1.11 bits per heavy atom. The summed E-state index contributed by atoms with van der Waals surface area (Å²) in [5, 5.41) is 0. The number of rotatable bonds is 0. The Hall–Kier alpha value is 3.23. The van der Waals surface area contributed by atoms with Gasteiger partial charge in [0.05, 0.1) is 0 Å². The van der Waals surface area contributed by atoms with Crippen LogP contribution in [0.3, 0.4) is 0 Å². The van der Waals surface area contributed by atoms with Gasteiger partial charge in [0.1, 0.15) is 0 Å².